The Morgan fingerprint density at radius 1 is 1.18 bits per heavy atom. The number of rotatable bonds is 7. The smallest absolute Gasteiger partial charge is 0.303 e. The van der Waals surface area contributed by atoms with Crippen molar-refractivity contribution >= 4 is 21.9 Å². The highest BCUT2D eigenvalue weighted by atomic mass is 32.2. The van der Waals surface area contributed by atoms with E-state index >= 15 is 0 Å². The number of amides is 1. The Bertz CT molecular complexity index is 377. The third kappa shape index (κ3) is 6.22. The molecule has 0 unspecified atom stereocenters. The molecule has 0 bridgehead atoms. The van der Waals surface area contributed by atoms with Crippen LogP contribution in [0.1, 0.15) is 12.8 Å². The quantitative estimate of drug-likeness (QED) is 0.651. The van der Waals surface area contributed by atoms with Crippen molar-refractivity contribution in [3.8, 4) is 0 Å². The summed E-state index contributed by atoms with van der Waals surface area (Å²) < 4.78 is 24.2. The number of hydrogen-bond donors (Lipinski definition) is 1. The summed E-state index contributed by atoms with van der Waals surface area (Å²) in [4.78, 5) is 22.9. The molecule has 1 N–H and O–H groups in total. The average molecular weight is 266 g/mol. The summed E-state index contributed by atoms with van der Waals surface area (Å²) in [6.07, 6.45) is -0.160. The summed E-state index contributed by atoms with van der Waals surface area (Å²) in [5.41, 5.74) is 0. The molecule has 0 saturated carbocycles. The van der Waals surface area contributed by atoms with Gasteiger partial charge in [-0.2, -0.15) is 4.31 Å². The summed E-state index contributed by atoms with van der Waals surface area (Å²) in [6, 6.07) is 0. The lowest BCUT2D eigenvalue weighted by molar-refractivity contribution is -0.137. The van der Waals surface area contributed by atoms with Crippen LogP contribution in [-0.4, -0.2) is 68.0 Å². The number of carbonyl (C=O) groups excluding carboxylic acids is 1. The van der Waals surface area contributed by atoms with Crippen molar-refractivity contribution in [2.24, 2.45) is 0 Å². The Kier molecular flexibility index (Phi) is 6.11. The van der Waals surface area contributed by atoms with Gasteiger partial charge in [0.25, 0.3) is 0 Å². The number of nitrogens with zero attached hydrogens (tertiary/aromatic N) is 2. The number of aliphatic carboxylic acids is 1. The first kappa shape index (κ1) is 15.9. The number of carboxylic acid groups (broad SMARTS) is 1. The van der Waals surface area contributed by atoms with E-state index in [1.54, 1.807) is 0 Å². The Balaban J connectivity index is 4.30. The molecule has 0 fully saturated rings. The number of hydrogen-bond acceptors (Lipinski definition) is 4. The minimum atomic E-state index is -3.56. The lowest BCUT2D eigenvalue weighted by Crippen LogP contribution is -2.38. The molecule has 0 aromatic rings. The predicted octanol–water partition coefficient (Wildman–Crippen LogP) is -0.799. The molecular formula is C9H18N2O5S. The van der Waals surface area contributed by atoms with E-state index in [1.807, 2.05) is 0 Å². The summed E-state index contributed by atoms with van der Waals surface area (Å²) >= 11 is 0. The molecule has 1 amide bonds. The maximum absolute atomic E-state index is 11.6. The first-order valence-corrected chi connectivity index (χ1v) is 6.63. The van der Waals surface area contributed by atoms with E-state index in [-0.39, 0.29) is 31.0 Å². The molecule has 0 atom stereocenters. The lowest BCUT2D eigenvalue weighted by atomic mass is 10.3. The monoisotopic (exact) mass is 266 g/mol. The van der Waals surface area contributed by atoms with Crippen LogP contribution < -0.4 is 0 Å². The minimum Gasteiger partial charge on any atom is -0.481 e. The Morgan fingerprint density at radius 2 is 1.71 bits per heavy atom. The van der Waals surface area contributed by atoms with E-state index in [4.69, 9.17) is 5.11 Å². The Morgan fingerprint density at radius 3 is 2.12 bits per heavy atom. The highest BCUT2D eigenvalue weighted by Gasteiger charge is 2.21. The summed E-state index contributed by atoms with van der Waals surface area (Å²) in [6.45, 7) is -0.234. The van der Waals surface area contributed by atoms with Gasteiger partial charge in [-0.15, -0.1) is 0 Å². The van der Waals surface area contributed by atoms with Crippen LogP contribution in [0.2, 0.25) is 0 Å². The fourth-order valence-corrected chi connectivity index (χ4v) is 2.12. The van der Waals surface area contributed by atoms with E-state index in [9.17, 15) is 18.0 Å². The van der Waals surface area contributed by atoms with E-state index in [0.29, 0.717) is 0 Å². The second kappa shape index (κ2) is 6.55. The van der Waals surface area contributed by atoms with Crippen molar-refractivity contribution in [3.05, 3.63) is 0 Å². The van der Waals surface area contributed by atoms with Crippen molar-refractivity contribution in [2.75, 3.05) is 33.4 Å². The molecule has 0 heterocycles. The molecule has 0 aliphatic heterocycles. The molecule has 100 valence electrons. The Hall–Kier alpha value is -1.15. The summed E-state index contributed by atoms with van der Waals surface area (Å²) in [7, 11) is 0.811. The zero-order valence-electron chi connectivity index (χ0n) is 10.2. The third-order valence-corrected chi connectivity index (χ3v) is 4.01. The first-order chi connectivity index (χ1) is 7.66. The highest BCUT2D eigenvalue weighted by Crippen LogP contribution is 2.03. The van der Waals surface area contributed by atoms with Crippen LogP contribution in [0.15, 0.2) is 0 Å². The van der Waals surface area contributed by atoms with Gasteiger partial charge in [0.1, 0.15) is 0 Å². The van der Waals surface area contributed by atoms with Crippen LogP contribution in [0.5, 0.6) is 0 Å². The molecular weight excluding hydrogens is 248 g/mol. The average Bonchev–Trinajstić information content (AvgIpc) is 2.16. The maximum atomic E-state index is 11.6. The van der Waals surface area contributed by atoms with Crippen LogP contribution in [0.25, 0.3) is 0 Å². The molecule has 0 aromatic heterocycles. The van der Waals surface area contributed by atoms with Crippen molar-refractivity contribution in [2.45, 2.75) is 12.8 Å². The summed E-state index contributed by atoms with van der Waals surface area (Å²) in [5.74, 6) is -1.63. The number of sulfonamides is 1. The Labute approximate surface area is 101 Å². The zero-order valence-corrected chi connectivity index (χ0v) is 11.0. The SMILES string of the molecule is CN(C)C(=O)CN(C)S(=O)(=O)CCCC(=O)O. The zero-order chi connectivity index (χ0) is 13.6. The van der Waals surface area contributed by atoms with Gasteiger partial charge >= 0.3 is 5.97 Å². The lowest BCUT2D eigenvalue weighted by Gasteiger charge is -2.18. The molecule has 0 spiro atoms. The van der Waals surface area contributed by atoms with E-state index in [0.717, 1.165) is 4.31 Å². The van der Waals surface area contributed by atoms with Gasteiger partial charge in [-0.3, -0.25) is 9.59 Å². The number of likely N-dealkylation sites (N-methyl/N-ethyl adjacent to an activating group) is 2. The second-order valence-electron chi connectivity index (χ2n) is 3.86. The van der Waals surface area contributed by atoms with Gasteiger partial charge in [-0.1, -0.05) is 0 Å². The summed E-state index contributed by atoms with van der Waals surface area (Å²) in [5, 5.41) is 8.40. The molecule has 0 aromatic carbocycles. The molecule has 0 saturated heterocycles. The van der Waals surface area contributed by atoms with Crippen molar-refractivity contribution < 1.29 is 23.1 Å². The van der Waals surface area contributed by atoms with Gasteiger partial charge in [0.2, 0.25) is 15.9 Å². The fourth-order valence-electron chi connectivity index (χ4n) is 0.992. The van der Waals surface area contributed by atoms with E-state index in [1.165, 1.54) is 26.0 Å². The van der Waals surface area contributed by atoms with Gasteiger partial charge in [0, 0.05) is 27.6 Å². The van der Waals surface area contributed by atoms with Crippen LogP contribution in [-0.2, 0) is 19.6 Å². The highest BCUT2D eigenvalue weighted by molar-refractivity contribution is 7.89. The van der Waals surface area contributed by atoms with E-state index < -0.39 is 16.0 Å². The molecule has 8 heteroatoms. The van der Waals surface area contributed by atoms with Crippen molar-refractivity contribution in [1.29, 1.82) is 0 Å². The van der Waals surface area contributed by atoms with Crippen LogP contribution in [0, 0.1) is 0 Å². The second-order valence-corrected chi connectivity index (χ2v) is 6.05. The fraction of sp³-hybridized carbons (Fsp3) is 0.778. The third-order valence-electron chi connectivity index (χ3n) is 2.12. The molecule has 0 rings (SSSR count). The van der Waals surface area contributed by atoms with Gasteiger partial charge in [0.15, 0.2) is 0 Å². The van der Waals surface area contributed by atoms with Gasteiger partial charge in [-0.25, -0.2) is 8.42 Å². The number of carbonyl (C=O) groups is 2. The van der Waals surface area contributed by atoms with Gasteiger partial charge < -0.3 is 10.0 Å². The molecule has 7 nitrogen and oxygen atoms in total. The topological polar surface area (TPSA) is 95.0 Å². The largest absolute Gasteiger partial charge is 0.481 e. The van der Waals surface area contributed by atoms with Crippen molar-refractivity contribution in [3.63, 3.8) is 0 Å². The van der Waals surface area contributed by atoms with Gasteiger partial charge in [0.05, 0.1) is 12.3 Å². The first-order valence-electron chi connectivity index (χ1n) is 5.03. The molecule has 0 aliphatic rings. The molecule has 0 radical (unpaired) electrons. The predicted molar refractivity (Wildman–Crippen MR) is 62.0 cm³/mol. The van der Waals surface area contributed by atoms with Crippen LogP contribution in [0.4, 0.5) is 0 Å². The standard InChI is InChI=1S/C9H18N2O5S/c1-10(2)8(12)7-11(3)17(15,16)6-4-5-9(13)14/h4-7H2,1-3H3,(H,13,14). The number of carboxylic acids is 1. The van der Waals surface area contributed by atoms with Crippen molar-refractivity contribution in [1.82, 2.24) is 9.21 Å². The molecule has 17 heavy (non-hydrogen) atoms. The molecule has 0 aliphatic carbocycles. The van der Waals surface area contributed by atoms with Gasteiger partial charge in [-0.05, 0) is 6.42 Å². The maximum Gasteiger partial charge on any atom is 0.303 e. The van der Waals surface area contributed by atoms with Crippen LogP contribution >= 0.6 is 0 Å². The minimum absolute atomic E-state index is 0.0398. The normalized spacial score (nSPS) is 11.5. The van der Waals surface area contributed by atoms with Crippen LogP contribution in [0.3, 0.4) is 0 Å². The van der Waals surface area contributed by atoms with E-state index in [2.05, 4.69) is 0 Å².